The van der Waals surface area contributed by atoms with Gasteiger partial charge in [0.1, 0.15) is 5.57 Å². The summed E-state index contributed by atoms with van der Waals surface area (Å²) in [5.41, 5.74) is 0.588. The molecule has 0 aliphatic rings. The van der Waals surface area contributed by atoms with E-state index >= 15 is 0 Å². The molecule has 1 aromatic carbocycles. The largest absolute Gasteiger partial charge is 0.477 e. The van der Waals surface area contributed by atoms with E-state index in [0.717, 1.165) is 11.6 Å². The minimum Gasteiger partial charge on any atom is -0.477 e. The predicted octanol–water partition coefficient (Wildman–Crippen LogP) is 1.33. The molecule has 0 unspecified atom stereocenters. The molecule has 0 aliphatic carbocycles. The SMILES string of the molecule is COC(CNC(=CC=C(C(=O)O)C(=O)O)c1ccccc1)OC. The molecular formula is C16H19NO6. The molecule has 3 N–H and O–H groups in total. The number of carboxylic acid groups (broad SMARTS) is 2. The topological polar surface area (TPSA) is 105 Å². The van der Waals surface area contributed by atoms with E-state index < -0.39 is 23.8 Å². The summed E-state index contributed by atoms with van der Waals surface area (Å²) in [5, 5.41) is 20.8. The van der Waals surface area contributed by atoms with E-state index in [0.29, 0.717) is 12.2 Å². The van der Waals surface area contributed by atoms with Crippen LogP contribution in [0.5, 0.6) is 0 Å². The van der Waals surface area contributed by atoms with Gasteiger partial charge in [0.25, 0.3) is 0 Å². The van der Waals surface area contributed by atoms with E-state index in [1.54, 1.807) is 0 Å². The van der Waals surface area contributed by atoms with Crippen LogP contribution in [-0.2, 0) is 19.1 Å². The zero-order chi connectivity index (χ0) is 17.2. The molecule has 7 heteroatoms. The lowest BCUT2D eigenvalue weighted by molar-refractivity contribution is -0.140. The summed E-state index contributed by atoms with van der Waals surface area (Å²) in [6.07, 6.45) is 1.94. The van der Waals surface area contributed by atoms with Crippen molar-refractivity contribution in [2.45, 2.75) is 6.29 Å². The van der Waals surface area contributed by atoms with Crippen LogP contribution in [0.1, 0.15) is 5.56 Å². The maximum absolute atomic E-state index is 10.9. The Bertz CT molecular complexity index is 574. The average molecular weight is 321 g/mol. The van der Waals surface area contributed by atoms with E-state index in [1.165, 1.54) is 20.3 Å². The summed E-state index contributed by atoms with van der Waals surface area (Å²) in [6.45, 7) is 0.303. The number of aliphatic carboxylic acids is 2. The number of carboxylic acids is 2. The minimum atomic E-state index is -1.51. The van der Waals surface area contributed by atoms with Crippen LogP contribution in [0, 0.1) is 0 Å². The lowest BCUT2D eigenvalue weighted by Crippen LogP contribution is -2.28. The third-order valence-electron chi connectivity index (χ3n) is 2.95. The highest BCUT2D eigenvalue weighted by molar-refractivity contribution is 6.12. The van der Waals surface area contributed by atoms with E-state index in [4.69, 9.17) is 19.7 Å². The first-order chi connectivity index (χ1) is 11.0. The fourth-order valence-electron chi connectivity index (χ4n) is 1.73. The number of hydrogen-bond donors (Lipinski definition) is 3. The summed E-state index contributed by atoms with van der Waals surface area (Å²) < 4.78 is 10.1. The van der Waals surface area contributed by atoms with Gasteiger partial charge in [-0.15, -0.1) is 0 Å². The van der Waals surface area contributed by atoms with Crippen molar-refractivity contribution in [2.24, 2.45) is 0 Å². The van der Waals surface area contributed by atoms with Crippen LogP contribution in [0.25, 0.3) is 5.70 Å². The molecular weight excluding hydrogens is 302 g/mol. The van der Waals surface area contributed by atoms with Gasteiger partial charge in [0, 0.05) is 19.9 Å². The highest BCUT2D eigenvalue weighted by atomic mass is 16.7. The summed E-state index contributed by atoms with van der Waals surface area (Å²) in [5.74, 6) is -3.01. The average Bonchev–Trinajstić information content (AvgIpc) is 2.54. The van der Waals surface area contributed by atoms with Gasteiger partial charge in [0.2, 0.25) is 0 Å². The summed E-state index contributed by atoms with van der Waals surface area (Å²) in [6, 6.07) is 9.08. The molecule has 7 nitrogen and oxygen atoms in total. The maximum atomic E-state index is 10.9. The van der Waals surface area contributed by atoms with Crippen LogP contribution in [-0.4, -0.2) is 49.2 Å². The summed E-state index contributed by atoms with van der Waals surface area (Å²) in [4.78, 5) is 21.8. The number of benzene rings is 1. The molecule has 0 heterocycles. The molecule has 0 saturated carbocycles. The number of hydrogen-bond acceptors (Lipinski definition) is 5. The maximum Gasteiger partial charge on any atom is 0.343 e. The van der Waals surface area contributed by atoms with Crippen molar-refractivity contribution < 1.29 is 29.3 Å². The number of carbonyl (C=O) groups is 2. The Labute approximate surface area is 133 Å². The highest BCUT2D eigenvalue weighted by Gasteiger charge is 2.15. The normalized spacial score (nSPS) is 11.2. The first kappa shape index (κ1) is 18.4. The monoisotopic (exact) mass is 321 g/mol. The molecule has 0 saturated heterocycles. The molecule has 0 amide bonds. The molecule has 0 fully saturated rings. The van der Waals surface area contributed by atoms with Gasteiger partial charge in [-0.2, -0.15) is 0 Å². The molecule has 124 valence electrons. The molecule has 0 spiro atoms. The zero-order valence-electron chi connectivity index (χ0n) is 12.9. The fourth-order valence-corrected chi connectivity index (χ4v) is 1.73. The van der Waals surface area contributed by atoms with Gasteiger partial charge in [0.05, 0.1) is 6.54 Å². The second-order valence-electron chi connectivity index (χ2n) is 4.42. The smallest absolute Gasteiger partial charge is 0.343 e. The lowest BCUT2D eigenvalue weighted by atomic mass is 10.1. The molecule has 0 atom stereocenters. The number of nitrogens with one attached hydrogen (secondary N) is 1. The van der Waals surface area contributed by atoms with Crippen molar-refractivity contribution in [3.05, 3.63) is 53.6 Å². The van der Waals surface area contributed by atoms with Gasteiger partial charge in [-0.3, -0.25) is 0 Å². The van der Waals surface area contributed by atoms with Crippen molar-refractivity contribution in [1.82, 2.24) is 5.32 Å². The van der Waals surface area contributed by atoms with Crippen LogP contribution in [0.2, 0.25) is 0 Å². The molecule has 0 aliphatic heterocycles. The Balaban J connectivity index is 3.08. The fraction of sp³-hybridized carbons (Fsp3) is 0.250. The van der Waals surface area contributed by atoms with Crippen LogP contribution in [0.3, 0.4) is 0 Å². The Morgan fingerprint density at radius 2 is 1.65 bits per heavy atom. The van der Waals surface area contributed by atoms with E-state index in [9.17, 15) is 9.59 Å². The van der Waals surface area contributed by atoms with Crippen LogP contribution >= 0.6 is 0 Å². The second-order valence-corrected chi connectivity index (χ2v) is 4.42. The Morgan fingerprint density at radius 1 is 1.09 bits per heavy atom. The van der Waals surface area contributed by atoms with Gasteiger partial charge in [-0.1, -0.05) is 30.3 Å². The van der Waals surface area contributed by atoms with Crippen molar-refractivity contribution in [1.29, 1.82) is 0 Å². The van der Waals surface area contributed by atoms with Gasteiger partial charge < -0.3 is 25.0 Å². The molecule has 23 heavy (non-hydrogen) atoms. The third-order valence-corrected chi connectivity index (χ3v) is 2.95. The quantitative estimate of drug-likeness (QED) is 0.207. The second kappa shape index (κ2) is 9.39. The van der Waals surface area contributed by atoms with Crippen LogP contribution in [0.4, 0.5) is 0 Å². The van der Waals surface area contributed by atoms with Crippen molar-refractivity contribution in [3.8, 4) is 0 Å². The Morgan fingerprint density at radius 3 is 2.13 bits per heavy atom. The van der Waals surface area contributed by atoms with Crippen LogP contribution < -0.4 is 5.32 Å². The Kier molecular flexibility index (Phi) is 7.52. The highest BCUT2D eigenvalue weighted by Crippen LogP contribution is 2.12. The first-order valence-electron chi connectivity index (χ1n) is 6.73. The molecule has 1 aromatic rings. The molecule has 1 rings (SSSR count). The van der Waals surface area contributed by atoms with Crippen LogP contribution in [0.15, 0.2) is 48.1 Å². The predicted molar refractivity (Wildman–Crippen MR) is 83.6 cm³/mol. The van der Waals surface area contributed by atoms with Crippen molar-refractivity contribution >= 4 is 17.6 Å². The van der Waals surface area contributed by atoms with Gasteiger partial charge in [-0.05, 0) is 17.7 Å². The zero-order valence-corrected chi connectivity index (χ0v) is 12.9. The number of allylic oxidation sites excluding steroid dienone is 2. The summed E-state index contributed by atoms with van der Waals surface area (Å²) >= 11 is 0. The Hall–Kier alpha value is -2.64. The molecule has 0 radical (unpaired) electrons. The van der Waals surface area contributed by atoms with E-state index in [-0.39, 0.29) is 0 Å². The molecule has 0 aromatic heterocycles. The standard InChI is InChI=1S/C16H19NO6/c1-22-14(23-2)10-17-13(11-6-4-3-5-7-11)9-8-12(15(18)19)16(20)21/h3-9,14,17H,10H2,1-2H3,(H,18,19)(H,20,21). The number of ether oxygens (including phenoxy) is 2. The van der Waals surface area contributed by atoms with Gasteiger partial charge in [0.15, 0.2) is 6.29 Å². The summed E-state index contributed by atoms with van der Waals surface area (Å²) in [7, 11) is 2.99. The van der Waals surface area contributed by atoms with Crippen molar-refractivity contribution in [2.75, 3.05) is 20.8 Å². The number of rotatable bonds is 9. The number of methoxy groups -OCH3 is 2. The molecule has 0 bridgehead atoms. The van der Waals surface area contributed by atoms with Gasteiger partial charge >= 0.3 is 11.9 Å². The lowest BCUT2D eigenvalue weighted by Gasteiger charge is -2.17. The van der Waals surface area contributed by atoms with Crippen molar-refractivity contribution in [3.63, 3.8) is 0 Å². The van der Waals surface area contributed by atoms with E-state index in [1.807, 2.05) is 30.3 Å². The van der Waals surface area contributed by atoms with E-state index in [2.05, 4.69) is 5.32 Å². The first-order valence-corrected chi connectivity index (χ1v) is 6.73. The van der Waals surface area contributed by atoms with Gasteiger partial charge in [-0.25, -0.2) is 9.59 Å². The third kappa shape index (κ3) is 5.93. The minimum absolute atomic E-state index is 0.303.